The Balaban J connectivity index is 1.35. The minimum atomic E-state index is -1.27. The van der Waals surface area contributed by atoms with Gasteiger partial charge in [0, 0.05) is 38.8 Å². The van der Waals surface area contributed by atoms with Gasteiger partial charge in [0.2, 0.25) is 0 Å². The van der Waals surface area contributed by atoms with Crippen LogP contribution in [0, 0.1) is 23.2 Å². The van der Waals surface area contributed by atoms with Gasteiger partial charge in [-0.15, -0.1) is 0 Å². The number of fused-ring (bicyclic) bond motifs is 8. The predicted octanol–water partition coefficient (Wildman–Crippen LogP) is 11.0. The summed E-state index contributed by atoms with van der Waals surface area (Å²) >= 11 is 0. The number of carboxylic acids is 1. The summed E-state index contributed by atoms with van der Waals surface area (Å²) in [7, 11) is 0. The third-order valence-corrected chi connectivity index (χ3v) is 9.85. The van der Waals surface area contributed by atoms with E-state index in [2.05, 4.69) is 88.6 Å². The Morgan fingerprint density at radius 2 is 0.947 bits per heavy atom. The van der Waals surface area contributed by atoms with E-state index in [0.29, 0.717) is 22.4 Å². The van der Waals surface area contributed by atoms with E-state index >= 15 is 0 Å². The zero-order valence-electron chi connectivity index (χ0n) is 30.4. The molecule has 0 saturated heterocycles. The molecule has 0 aliphatic carbocycles. The van der Waals surface area contributed by atoms with Crippen LogP contribution in [0.15, 0.2) is 145 Å². The van der Waals surface area contributed by atoms with E-state index in [1.165, 1.54) is 6.08 Å². The molecule has 5 heterocycles. The van der Waals surface area contributed by atoms with Crippen LogP contribution in [-0.2, 0) is 4.79 Å². The highest BCUT2D eigenvalue weighted by molar-refractivity contribution is 5.98. The van der Waals surface area contributed by atoms with Crippen molar-refractivity contribution in [3.63, 3.8) is 0 Å². The summed E-state index contributed by atoms with van der Waals surface area (Å²) in [5.74, 6) is 5.45. The molecule has 4 aromatic carbocycles. The molecule has 9 rings (SSSR count). The minimum absolute atomic E-state index is 0.340. The second-order valence-corrected chi connectivity index (χ2v) is 13.4. The number of hydrogen-bond acceptors (Lipinski definition) is 4. The molecule has 0 atom stereocenters. The molecule has 0 amide bonds. The largest absolute Gasteiger partial charge is 0.477 e. The van der Waals surface area contributed by atoms with E-state index in [4.69, 9.17) is 9.97 Å². The van der Waals surface area contributed by atoms with Gasteiger partial charge in [0.05, 0.1) is 33.9 Å². The van der Waals surface area contributed by atoms with Crippen LogP contribution in [-0.4, -0.2) is 31.0 Å². The summed E-state index contributed by atoms with van der Waals surface area (Å²) in [5, 5.41) is 18.5. The number of nitrogens with zero attached hydrogens (tertiary/aromatic N) is 3. The molecule has 3 N–H and O–H groups in total. The molecule has 2 aliphatic rings. The molecule has 7 heteroatoms. The fourth-order valence-corrected chi connectivity index (χ4v) is 7.17. The van der Waals surface area contributed by atoms with Gasteiger partial charge in [-0.3, -0.25) is 0 Å². The van der Waals surface area contributed by atoms with Gasteiger partial charge < -0.3 is 15.1 Å². The van der Waals surface area contributed by atoms with Crippen LogP contribution in [0.25, 0.3) is 85.8 Å². The number of hydrogen-bond donors (Lipinski definition) is 3. The van der Waals surface area contributed by atoms with E-state index in [9.17, 15) is 15.2 Å². The first-order valence-electron chi connectivity index (χ1n) is 18.3. The van der Waals surface area contributed by atoms with Crippen molar-refractivity contribution in [2.45, 2.75) is 0 Å². The van der Waals surface area contributed by atoms with Crippen molar-refractivity contribution in [3.8, 4) is 51.3 Å². The Hall–Kier alpha value is -8.26. The average molecular weight is 734 g/mol. The van der Waals surface area contributed by atoms with Crippen molar-refractivity contribution >= 4 is 58.4 Å². The summed E-state index contributed by atoms with van der Waals surface area (Å²) in [5.41, 5.74) is 14.3. The summed E-state index contributed by atoms with van der Waals surface area (Å²) in [6.45, 7) is 0. The first kappa shape index (κ1) is 34.5. The molecule has 0 radical (unpaired) electrons. The molecule has 7 aromatic rings. The maximum atomic E-state index is 11.4. The number of nitrogens with one attached hydrogen (secondary N) is 2. The molecule has 8 bridgehead atoms. The minimum Gasteiger partial charge on any atom is -0.477 e. The van der Waals surface area contributed by atoms with Crippen LogP contribution in [0.2, 0.25) is 0 Å². The van der Waals surface area contributed by atoms with Crippen molar-refractivity contribution in [2.24, 2.45) is 0 Å². The van der Waals surface area contributed by atoms with Gasteiger partial charge in [-0.2, -0.15) is 5.26 Å². The van der Waals surface area contributed by atoms with E-state index in [0.717, 1.165) is 72.5 Å². The topological polar surface area (TPSA) is 118 Å². The highest BCUT2D eigenvalue weighted by Crippen LogP contribution is 2.36. The first-order chi connectivity index (χ1) is 28.0. The second-order valence-electron chi connectivity index (χ2n) is 13.4. The summed E-state index contributed by atoms with van der Waals surface area (Å²) in [4.78, 5) is 29.4. The van der Waals surface area contributed by atoms with Gasteiger partial charge in [0.25, 0.3) is 0 Å². The smallest absolute Gasteiger partial charge is 0.346 e. The van der Waals surface area contributed by atoms with Crippen molar-refractivity contribution in [1.82, 2.24) is 19.9 Å². The van der Waals surface area contributed by atoms with Gasteiger partial charge in [0.15, 0.2) is 0 Å². The number of carboxylic acid groups (broad SMARTS) is 1. The molecule has 0 spiro atoms. The van der Waals surface area contributed by atoms with Crippen molar-refractivity contribution in [2.75, 3.05) is 0 Å². The lowest BCUT2D eigenvalue weighted by atomic mass is 10.0. The van der Waals surface area contributed by atoms with Crippen LogP contribution in [0.1, 0.15) is 39.5 Å². The molecule has 0 saturated carbocycles. The summed E-state index contributed by atoms with van der Waals surface area (Å²) in [6, 6.07) is 48.0. The quantitative estimate of drug-likeness (QED) is 0.0924. The Morgan fingerprint density at radius 1 is 0.526 bits per heavy atom. The highest BCUT2D eigenvalue weighted by atomic mass is 16.4. The van der Waals surface area contributed by atoms with Gasteiger partial charge in [-0.05, 0) is 89.0 Å². The number of aromatic nitrogens is 4. The van der Waals surface area contributed by atoms with Crippen LogP contribution in [0.3, 0.4) is 0 Å². The lowest BCUT2D eigenvalue weighted by Gasteiger charge is -2.06. The number of aromatic amines is 2. The molecule has 3 aromatic heterocycles. The lowest BCUT2D eigenvalue weighted by molar-refractivity contribution is -0.132. The molecule has 2 aliphatic heterocycles. The summed E-state index contributed by atoms with van der Waals surface area (Å²) < 4.78 is 0. The number of rotatable bonds is 5. The number of benzene rings is 4. The van der Waals surface area contributed by atoms with E-state index in [1.54, 1.807) is 30.3 Å². The van der Waals surface area contributed by atoms with Gasteiger partial charge in [-0.25, -0.2) is 14.8 Å². The molecule has 0 unspecified atom stereocenters. The maximum Gasteiger partial charge on any atom is 0.346 e. The SMILES string of the molecule is N#C/C(=C/c1ccc(C#Cc2c3nc(c(-c4ccccc4)c4ccc([nH]4)c(-c4ccccc4)c4nc(c(-c5ccccc5)c5ccc2[nH]5)C=C4)C=C3)cc1)C(=O)O. The number of H-pyrrole nitrogens is 2. The zero-order chi connectivity index (χ0) is 38.7. The third-order valence-electron chi connectivity index (χ3n) is 9.85. The second kappa shape index (κ2) is 14.9. The van der Waals surface area contributed by atoms with Crippen LogP contribution in [0.5, 0.6) is 0 Å². The number of nitriles is 1. The van der Waals surface area contributed by atoms with E-state index < -0.39 is 5.97 Å². The van der Waals surface area contributed by atoms with Crippen LogP contribution < -0.4 is 0 Å². The normalized spacial score (nSPS) is 11.8. The maximum absolute atomic E-state index is 11.4. The molecular formula is C50H31N5O2. The summed E-state index contributed by atoms with van der Waals surface area (Å²) in [6.07, 6.45) is 9.54. The van der Waals surface area contributed by atoms with Gasteiger partial charge >= 0.3 is 5.97 Å². The lowest BCUT2D eigenvalue weighted by Crippen LogP contribution is -1.97. The van der Waals surface area contributed by atoms with Gasteiger partial charge in [-0.1, -0.05) is 115 Å². The molecule has 0 fully saturated rings. The fourth-order valence-electron chi connectivity index (χ4n) is 7.17. The van der Waals surface area contributed by atoms with E-state index in [1.807, 2.05) is 72.8 Å². The number of carbonyl (C=O) groups is 1. The third kappa shape index (κ3) is 6.85. The molecule has 57 heavy (non-hydrogen) atoms. The van der Waals surface area contributed by atoms with Gasteiger partial charge in [0.1, 0.15) is 11.6 Å². The highest BCUT2D eigenvalue weighted by Gasteiger charge is 2.18. The Kier molecular flexibility index (Phi) is 9.00. The predicted molar refractivity (Wildman–Crippen MR) is 229 cm³/mol. The zero-order valence-corrected chi connectivity index (χ0v) is 30.4. The first-order valence-corrected chi connectivity index (χ1v) is 18.3. The van der Waals surface area contributed by atoms with Crippen molar-refractivity contribution in [1.29, 1.82) is 5.26 Å². The fraction of sp³-hybridized carbons (Fsp3) is 0. The van der Waals surface area contributed by atoms with Crippen molar-refractivity contribution < 1.29 is 9.90 Å². The van der Waals surface area contributed by atoms with Crippen LogP contribution in [0.4, 0.5) is 0 Å². The standard InChI is InChI=1S/C50H31N5O2/c51-31-37(50(56)57)30-33-18-16-32(17-19-33)20-21-38-39-22-24-41(52-39)47(34-10-4-1-5-11-34)43-26-28-45(54-43)49(36-14-8-3-9-15-36)46-29-27-44(55-46)48(35-12-6-2-7-13-35)42-25-23-40(38)53-42/h1-19,22-30,52,55H,(H,56,57)/b37-30-,39-38?,40-38?,47-41?,47-43?,48-42?,48-44?,49-45?,49-46?. The Labute approximate surface area is 328 Å². The van der Waals surface area contributed by atoms with Crippen LogP contribution >= 0.6 is 0 Å². The van der Waals surface area contributed by atoms with E-state index in [-0.39, 0.29) is 5.57 Å². The molecule has 268 valence electrons. The Morgan fingerprint density at radius 3 is 1.40 bits per heavy atom. The number of aliphatic carboxylic acids is 1. The monoisotopic (exact) mass is 733 g/mol. The average Bonchev–Trinajstić information content (AvgIpc) is 4.10. The van der Waals surface area contributed by atoms with Crippen molar-refractivity contribution in [3.05, 3.63) is 185 Å². The Bertz CT molecular complexity index is 3040. The molecule has 7 nitrogen and oxygen atoms in total. The molecular weight excluding hydrogens is 703 g/mol.